The first-order valence-electron chi connectivity index (χ1n) is 30.8. The number of carboxylic acid groups (broad SMARTS) is 9. The number of aromatic nitrogens is 3. The monoisotopic (exact) mass is 1380 g/mol. The highest BCUT2D eigenvalue weighted by molar-refractivity contribution is 5.95. The number of rotatable bonds is 51. The summed E-state index contributed by atoms with van der Waals surface area (Å²) < 4.78 is 14.3. The number of halogens is 1. The molecule has 2 rings (SSSR count). The molecule has 0 aliphatic carbocycles. The van der Waals surface area contributed by atoms with E-state index in [0.717, 1.165) is 0 Å². The van der Waals surface area contributed by atoms with Crippen molar-refractivity contribution >= 4 is 95.4 Å². The van der Waals surface area contributed by atoms with Crippen LogP contribution in [0.3, 0.4) is 0 Å². The van der Waals surface area contributed by atoms with Crippen LogP contribution in [0.1, 0.15) is 157 Å². The van der Waals surface area contributed by atoms with Crippen molar-refractivity contribution in [2.24, 2.45) is 0 Å². The lowest BCUT2D eigenvalue weighted by Crippen LogP contribution is -2.51. The molecule has 97 heavy (non-hydrogen) atoms. The Morgan fingerprint density at radius 1 is 0.412 bits per heavy atom. The predicted octanol–water partition coefficient (Wildman–Crippen LogP) is 0.0493. The van der Waals surface area contributed by atoms with Gasteiger partial charge in [0.2, 0.25) is 17.7 Å². The van der Waals surface area contributed by atoms with E-state index in [4.69, 9.17) is 15.3 Å². The first-order valence-corrected chi connectivity index (χ1v) is 30.8. The molecule has 2 aromatic rings. The molecule has 10 amide bonds. The van der Waals surface area contributed by atoms with Gasteiger partial charge >= 0.3 is 71.8 Å². The lowest BCUT2D eigenvalue weighted by Gasteiger charge is -2.35. The number of nitrogens with one attached hydrogen (secondary N) is 10. The Balaban J connectivity index is 2.39. The molecule has 0 bridgehead atoms. The first kappa shape index (κ1) is 82.3. The number of urea groups is 3. The number of aryl methyl sites for hydroxylation is 1. The van der Waals surface area contributed by atoms with Gasteiger partial charge in [0.05, 0.1) is 24.3 Å². The van der Waals surface area contributed by atoms with Crippen molar-refractivity contribution in [2.75, 3.05) is 26.3 Å². The second kappa shape index (κ2) is 44.0. The largest absolute Gasteiger partial charge is 0.481 e. The molecule has 0 aliphatic heterocycles. The molecule has 1 heterocycles. The molecule has 0 saturated carbocycles. The van der Waals surface area contributed by atoms with Crippen LogP contribution in [-0.2, 0) is 64.0 Å². The Morgan fingerprint density at radius 3 is 1.01 bits per heavy atom. The smallest absolute Gasteiger partial charge is 0.326 e. The molecule has 39 heteroatoms. The second-order valence-electron chi connectivity index (χ2n) is 22.3. The van der Waals surface area contributed by atoms with Crippen molar-refractivity contribution in [2.45, 2.75) is 189 Å². The maximum absolute atomic E-state index is 14.4. The average molecular weight is 1380 g/mol. The third kappa shape index (κ3) is 34.8. The topological polar surface area (TPSA) is 606 Å². The van der Waals surface area contributed by atoms with Crippen LogP contribution >= 0.6 is 0 Å². The molecule has 38 nitrogen and oxygen atoms in total. The summed E-state index contributed by atoms with van der Waals surface area (Å²) in [6.45, 7) is -0.789. The number of carbonyl (C=O) groups excluding carboxylic acids is 7. The number of carboxylic acids is 9. The van der Waals surface area contributed by atoms with Gasteiger partial charge in [-0.3, -0.25) is 38.0 Å². The Kier molecular flexibility index (Phi) is 37.3. The molecule has 0 spiro atoms. The number of unbranched alkanes of at least 4 members (excludes halogenated alkanes) is 3. The zero-order chi connectivity index (χ0) is 72.6. The fraction of sp³-hybridized carbons (Fsp3) is 0.586. The van der Waals surface area contributed by atoms with Crippen LogP contribution in [0, 0.1) is 0 Å². The normalized spacial score (nSPS) is 13.3. The van der Waals surface area contributed by atoms with Crippen LogP contribution in [-0.4, -0.2) is 224 Å². The molecule has 0 aliphatic rings. The minimum atomic E-state index is -1.65. The van der Waals surface area contributed by atoms with Crippen LogP contribution in [0.2, 0.25) is 0 Å². The van der Waals surface area contributed by atoms with Crippen molar-refractivity contribution in [1.29, 1.82) is 0 Å². The standard InChI is InChI=1S/C58H84FN13O25/c59-28-7-8-34-32-72(71-70-34)35-14-12-33(13-15-35)48(82)69-58(25-22-42(73)60-29-4-1-9-36(49(83)84)63-55(95)66-39(52(89)90)16-19-45(76)77,26-23-43(74)61-30-5-2-10-37(50(85)86)64-56(96)67-40(53(91)92)17-20-46(78)79)27-24-44(75)62-31-6-3-11-38(51(87)88)65-57(97)68-41(54(93)94)18-21-47(80)81/h12-15,32,36-41H,1-11,16-31H2,(H,60,73)(H,61,74)(H,62,75)(H,69,82)(H,76,77)(H,78,79)(H,80,81)(H,83,84)(H,85,86)(H,87,88)(H,89,90)(H,91,92)(H,93,94)(H2,63,66,95)(H2,64,67,96)(H2,65,68,97)/t36-,37-,38?,39?,40?,41-,58?/m0/s1. The number of benzene rings is 1. The minimum absolute atomic E-state index is 0.0498. The molecule has 0 saturated heterocycles. The lowest BCUT2D eigenvalue weighted by molar-refractivity contribution is -0.142. The molecule has 1 aromatic heterocycles. The van der Waals surface area contributed by atoms with E-state index in [9.17, 15) is 112 Å². The van der Waals surface area contributed by atoms with E-state index in [-0.39, 0.29) is 128 Å². The van der Waals surface area contributed by atoms with E-state index < -0.39 is 182 Å². The molecule has 538 valence electrons. The van der Waals surface area contributed by atoms with Crippen molar-refractivity contribution < 1.29 is 127 Å². The van der Waals surface area contributed by atoms with Gasteiger partial charge in [-0.2, -0.15) is 0 Å². The second-order valence-corrected chi connectivity index (χ2v) is 22.3. The summed E-state index contributed by atoms with van der Waals surface area (Å²) in [6.07, 6.45) is -3.18. The summed E-state index contributed by atoms with van der Waals surface area (Å²) in [7, 11) is 0. The van der Waals surface area contributed by atoms with Gasteiger partial charge in [0, 0.05) is 69.3 Å². The molecule has 0 fully saturated rings. The van der Waals surface area contributed by atoms with E-state index in [0.29, 0.717) is 17.8 Å². The van der Waals surface area contributed by atoms with Gasteiger partial charge in [-0.25, -0.2) is 47.8 Å². The van der Waals surface area contributed by atoms with Crippen molar-refractivity contribution in [3.05, 3.63) is 41.7 Å². The summed E-state index contributed by atoms with van der Waals surface area (Å²) >= 11 is 0. The highest BCUT2D eigenvalue weighted by Gasteiger charge is 2.35. The highest BCUT2D eigenvalue weighted by Crippen LogP contribution is 2.27. The van der Waals surface area contributed by atoms with E-state index in [1.807, 2.05) is 16.0 Å². The van der Waals surface area contributed by atoms with Gasteiger partial charge in [-0.05, 0) is 133 Å². The number of hydrogen-bond donors (Lipinski definition) is 19. The Bertz CT molecular complexity index is 2810. The zero-order valence-electron chi connectivity index (χ0n) is 52.7. The SMILES string of the molecule is O=C(O)CCC(NC(=O)N[C@@H](CCCCNC(=O)CCC(CCC(=O)NCCCCC(NC(=O)N[C@@H](CCC(=O)O)C(=O)O)C(=O)O)(CCC(=O)NCCCC[C@H](NC(=O)NC(CCC(=O)O)C(=O)O)C(=O)O)NC(=O)c1ccc(-n2cc(CCCF)nn2)cc1)C(=O)O)C(=O)O. The van der Waals surface area contributed by atoms with Gasteiger partial charge < -0.3 is 99.1 Å². The van der Waals surface area contributed by atoms with Gasteiger partial charge in [0.25, 0.3) is 5.91 Å². The highest BCUT2D eigenvalue weighted by atomic mass is 19.1. The molecular weight excluding hydrogens is 1300 g/mol. The van der Waals surface area contributed by atoms with Crippen LogP contribution in [0.15, 0.2) is 30.5 Å². The summed E-state index contributed by atoms with van der Waals surface area (Å²) in [5.74, 6) is -15.8. The van der Waals surface area contributed by atoms with Gasteiger partial charge in [0.15, 0.2) is 0 Å². The van der Waals surface area contributed by atoms with E-state index in [1.54, 1.807) is 6.20 Å². The maximum Gasteiger partial charge on any atom is 0.326 e. The molecule has 0 radical (unpaired) electrons. The predicted molar refractivity (Wildman–Crippen MR) is 328 cm³/mol. The van der Waals surface area contributed by atoms with E-state index in [2.05, 4.69) is 47.5 Å². The van der Waals surface area contributed by atoms with Crippen LogP contribution < -0.4 is 53.2 Å². The molecular formula is C58H84FN13O25. The number of nitrogens with zero attached hydrogens (tertiary/aromatic N) is 3. The summed E-state index contributed by atoms with van der Waals surface area (Å²) in [6, 6.07) is -7.29. The average Bonchev–Trinajstić information content (AvgIpc) is 1.83. The molecule has 19 N–H and O–H groups in total. The third-order valence-electron chi connectivity index (χ3n) is 14.7. The van der Waals surface area contributed by atoms with Crippen LogP contribution in [0.25, 0.3) is 5.69 Å². The number of alkyl halides is 1. The van der Waals surface area contributed by atoms with Gasteiger partial charge in [-0.15, -0.1) is 5.10 Å². The van der Waals surface area contributed by atoms with E-state index >= 15 is 0 Å². The molecule has 6 atom stereocenters. The minimum Gasteiger partial charge on any atom is -0.481 e. The number of amides is 10. The van der Waals surface area contributed by atoms with E-state index in [1.165, 1.54) is 28.9 Å². The van der Waals surface area contributed by atoms with Gasteiger partial charge in [0.1, 0.15) is 36.3 Å². The Hall–Kier alpha value is -10.8. The fourth-order valence-electron chi connectivity index (χ4n) is 9.28. The third-order valence-corrected chi connectivity index (χ3v) is 14.7. The Morgan fingerprint density at radius 2 is 0.722 bits per heavy atom. The lowest BCUT2D eigenvalue weighted by atomic mass is 9.82. The number of carbonyl (C=O) groups is 16. The quantitative estimate of drug-likeness (QED) is 0.0389. The van der Waals surface area contributed by atoms with Crippen LogP contribution in [0.5, 0.6) is 0 Å². The number of aliphatic carboxylic acids is 9. The summed E-state index contributed by atoms with van der Waals surface area (Å²) in [4.78, 5) is 196. The Labute approximate surface area is 552 Å². The first-order chi connectivity index (χ1) is 45.8. The van der Waals surface area contributed by atoms with Crippen LogP contribution in [0.4, 0.5) is 18.8 Å². The van der Waals surface area contributed by atoms with Crippen molar-refractivity contribution in [3.63, 3.8) is 0 Å². The molecule has 1 aromatic carbocycles. The zero-order valence-corrected chi connectivity index (χ0v) is 52.7. The molecule has 3 unspecified atom stereocenters. The van der Waals surface area contributed by atoms with Gasteiger partial charge in [-0.1, -0.05) is 5.21 Å². The number of hydrogen-bond acceptors (Lipinski definition) is 18. The summed E-state index contributed by atoms with van der Waals surface area (Å²) in [5.41, 5.74) is -0.594. The fourth-order valence-corrected chi connectivity index (χ4v) is 9.28. The maximum atomic E-state index is 14.4. The van der Waals surface area contributed by atoms with Crippen molar-refractivity contribution in [3.8, 4) is 5.69 Å². The summed E-state index contributed by atoms with van der Waals surface area (Å²) in [5, 5.41) is 116. The van der Waals surface area contributed by atoms with Crippen molar-refractivity contribution in [1.82, 2.24) is 68.2 Å².